The highest BCUT2D eigenvalue weighted by molar-refractivity contribution is 5.78. The van der Waals surface area contributed by atoms with Crippen LogP contribution < -0.4 is 5.32 Å². The molecule has 4 heteroatoms. The lowest BCUT2D eigenvalue weighted by molar-refractivity contribution is -0.122. The Morgan fingerprint density at radius 1 is 1.14 bits per heavy atom. The quantitative estimate of drug-likeness (QED) is 0.593. The number of carbonyl (C=O) groups is 2. The number of rotatable bonds is 8. The van der Waals surface area contributed by atoms with Crippen LogP contribution >= 0.6 is 0 Å². The molecule has 82 valence electrons. The van der Waals surface area contributed by atoms with E-state index in [9.17, 15) is 9.59 Å². The number of nitrogens with one attached hydrogen (secondary N) is 1. The van der Waals surface area contributed by atoms with Gasteiger partial charge in [-0.25, -0.2) is 0 Å². The lowest BCUT2D eigenvalue weighted by Gasteiger charge is -2.04. The maximum absolute atomic E-state index is 10.8. The number of Topliss-reactive ketones (excluding diaryl/α,β-unsaturated/α-hetero) is 1. The van der Waals surface area contributed by atoms with Gasteiger partial charge >= 0.3 is 0 Å². The Labute approximate surface area is 85.0 Å². The summed E-state index contributed by atoms with van der Waals surface area (Å²) in [5.74, 6) is 0.237. The summed E-state index contributed by atoms with van der Waals surface area (Å²) in [6.07, 6.45) is 1.53. The summed E-state index contributed by atoms with van der Waals surface area (Å²) in [4.78, 5) is 21.6. The summed E-state index contributed by atoms with van der Waals surface area (Å²) in [7, 11) is 0. The van der Waals surface area contributed by atoms with Gasteiger partial charge in [0.05, 0.1) is 13.2 Å². The predicted molar refractivity (Wildman–Crippen MR) is 54.0 cm³/mol. The number of carbonyl (C=O) groups excluding carboxylic acids is 2. The molecule has 0 aliphatic heterocycles. The fourth-order valence-corrected chi connectivity index (χ4v) is 0.852. The van der Waals surface area contributed by atoms with Gasteiger partial charge < -0.3 is 10.1 Å². The second-order valence-electron chi connectivity index (χ2n) is 2.96. The van der Waals surface area contributed by atoms with Crippen molar-refractivity contribution in [3.8, 4) is 0 Å². The maximum Gasteiger partial charge on any atom is 0.219 e. The van der Waals surface area contributed by atoms with Crippen molar-refractivity contribution in [1.82, 2.24) is 5.32 Å². The van der Waals surface area contributed by atoms with E-state index < -0.39 is 0 Å². The van der Waals surface area contributed by atoms with Gasteiger partial charge in [0, 0.05) is 25.8 Å². The molecule has 0 radical (unpaired) electrons. The molecule has 0 aromatic heterocycles. The Balaban J connectivity index is 3.14. The van der Waals surface area contributed by atoms with Gasteiger partial charge in [-0.3, -0.25) is 9.59 Å². The summed E-state index contributed by atoms with van der Waals surface area (Å²) < 4.78 is 5.17. The monoisotopic (exact) mass is 201 g/mol. The van der Waals surface area contributed by atoms with Crippen molar-refractivity contribution in [2.75, 3.05) is 19.8 Å². The van der Waals surface area contributed by atoms with Crippen molar-refractivity contribution < 1.29 is 14.3 Å². The van der Waals surface area contributed by atoms with Crippen molar-refractivity contribution in [3.63, 3.8) is 0 Å². The van der Waals surface area contributed by atoms with Crippen molar-refractivity contribution in [3.05, 3.63) is 0 Å². The first-order chi connectivity index (χ1) is 6.70. The third-order valence-electron chi connectivity index (χ3n) is 1.81. The molecule has 14 heavy (non-hydrogen) atoms. The van der Waals surface area contributed by atoms with Crippen LogP contribution in [-0.2, 0) is 14.3 Å². The topological polar surface area (TPSA) is 55.4 Å². The van der Waals surface area contributed by atoms with E-state index in [1.807, 2.05) is 6.92 Å². The molecule has 1 amide bonds. The molecule has 0 saturated heterocycles. The van der Waals surface area contributed by atoms with Crippen molar-refractivity contribution in [1.29, 1.82) is 0 Å². The molecule has 0 aromatic carbocycles. The summed E-state index contributed by atoms with van der Waals surface area (Å²) in [6, 6.07) is 0. The molecule has 0 aromatic rings. The number of amides is 1. The van der Waals surface area contributed by atoms with Gasteiger partial charge in [-0.1, -0.05) is 13.8 Å². The molecule has 0 spiro atoms. The molecule has 0 rings (SSSR count). The number of hydrogen-bond acceptors (Lipinski definition) is 3. The predicted octanol–water partition coefficient (Wildman–Crippen LogP) is 0.898. The third kappa shape index (κ3) is 7.73. The first-order valence-corrected chi connectivity index (χ1v) is 5.06. The van der Waals surface area contributed by atoms with Crippen LogP contribution in [0.5, 0.6) is 0 Å². The number of ketones is 1. The number of ether oxygens (including phenoxy) is 1. The highest BCUT2D eigenvalue weighted by Crippen LogP contribution is 1.89. The summed E-state index contributed by atoms with van der Waals surface area (Å²) in [5, 5.41) is 2.69. The molecule has 0 aliphatic rings. The van der Waals surface area contributed by atoms with E-state index in [1.54, 1.807) is 6.92 Å². The average molecular weight is 201 g/mol. The summed E-state index contributed by atoms with van der Waals surface area (Å²) >= 11 is 0. The minimum atomic E-state index is 0.0261. The summed E-state index contributed by atoms with van der Waals surface area (Å²) in [5.41, 5.74) is 0. The van der Waals surface area contributed by atoms with E-state index >= 15 is 0 Å². The molecule has 0 unspecified atom stereocenters. The van der Waals surface area contributed by atoms with Crippen molar-refractivity contribution in [2.45, 2.75) is 33.1 Å². The molecule has 0 fully saturated rings. The normalized spacial score (nSPS) is 9.86. The SMILES string of the molecule is CCC(=O)CCOCCNC(=O)CC. The van der Waals surface area contributed by atoms with Gasteiger partial charge in [-0.2, -0.15) is 0 Å². The second-order valence-corrected chi connectivity index (χ2v) is 2.96. The van der Waals surface area contributed by atoms with E-state index in [-0.39, 0.29) is 11.7 Å². The zero-order chi connectivity index (χ0) is 10.8. The van der Waals surface area contributed by atoms with Crippen molar-refractivity contribution in [2.24, 2.45) is 0 Å². The van der Waals surface area contributed by atoms with E-state index in [0.29, 0.717) is 39.0 Å². The molecule has 0 atom stereocenters. The Kier molecular flexibility index (Phi) is 8.13. The van der Waals surface area contributed by atoms with Gasteiger partial charge in [0.2, 0.25) is 5.91 Å². The fourth-order valence-electron chi connectivity index (χ4n) is 0.852. The van der Waals surface area contributed by atoms with Gasteiger partial charge in [0.1, 0.15) is 5.78 Å². The molecule has 0 bridgehead atoms. The molecular formula is C10H19NO3. The van der Waals surface area contributed by atoms with Gasteiger partial charge in [-0.15, -0.1) is 0 Å². The smallest absolute Gasteiger partial charge is 0.219 e. The number of hydrogen-bond donors (Lipinski definition) is 1. The first-order valence-electron chi connectivity index (χ1n) is 5.06. The van der Waals surface area contributed by atoms with E-state index in [4.69, 9.17) is 4.74 Å². The fraction of sp³-hybridized carbons (Fsp3) is 0.800. The minimum absolute atomic E-state index is 0.0261. The van der Waals surface area contributed by atoms with Crippen LogP contribution in [0.1, 0.15) is 33.1 Å². The zero-order valence-electron chi connectivity index (χ0n) is 8.97. The van der Waals surface area contributed by atoms with Crippen LogP contribution in [0, 0.1) is 0 Å². The highest BCUT2D eigenvalue weighted by Gasteiger charge is 1.98. The molecule has 0 heterocycles. The van der Waals surface area contributed by atoms with E-state index in [1.165, 1.54) is 0 Å². The van der Waals surface area contributed by atoms with Gasteiger partial charge in [0.15, 0.2) is 0 Å². The summed E-state index contributed by atoms with van der Waals surface area (Å²) in [6.45, 7) is 5.09. The first kappa shape index (κ1) is 13.1. The van der Waals surface area contributed by atoms with Crippen LogP contribution in [0.15, 0.2) is 0 Å². The van der Waals surface area contributed by atoms with Crippen LogP contribution in [0.3, 0.4) is 0 Å². The van der Waals surface area contributed by atoms with Crippen LogP contribution in [0.2, 0.25) is 0 Å². The Bertz CT molecular complexity index is 160. The largest absolute Gasteiger partial charge is 0.379 e. The maximum atomic E-state index is 10.8. The van der Waals surface area contributed by atoms with Crippen LogP contribution in [0.25, 0.3) is 0 Å². The minimum Gasteiger partial charge on any atom is -0.379 e. The second kappa shape index (κ2) is 8.69. The highest BCUT2D eigenvalue weighted by atomic mass is 16.5. The Morgan fingerprint density at radius 3 is 2.43 bits per heavy atom. The Morgan fingerprint density at radius 2 is 1.86 bits per heavy atom. The lowest BCUT2D eigenvalue weighted by Crippen LogP contribution is -2.26. The van der Waals surface area contributed by atoms with E-state index in [2.05, 4.69) is 5.32 Å². The molecule has 1 N–H and O–H groups in total. The molecule has 0 aliphatic carbocycles. The average Bonchev–Trinajstić information content (AvgIpc) is 2.22. The Hall–Kier alpha value is -0.900. The molecule has 4 nitrogen and oxygen atoms in total. The lowest BCUT2D eigenvalue weighted by atomic mass is 10.2. The van der Waals surface area contributed by atoms with Gasteiger partial charge in [-0.05, 0) is 0 Å². The molecule has 0 saturated carbocycles. The van der Waals surface area contributed by atoms with Crippen LogP contribution in [0.4, 0.5) is 0 Å². The third-order valence-corrected chi connectivity index (χ3v) is 1.81. The van der Waals surface area contributed by atoms with Gasteiger partial charge in [0.25, 0.3) is 0 Å². The van der Waals surface area contributed by atoms with Crippen molar-refractivity contribution >= 4 is 11.7 Å². The standard InChI is InChI=1S/C10H19NO3/c1-3-9(12)5-7-14-8-6-11-10(13)4-2/h3-8H2,1-2H3,(H,11,13). The van der Waals surface area contributed by atoms with E-state index in [0.717, 1.165) is 0 Å². The van der Waals surface area contributed by atoms with Crippen LogP contribution in [-0.4, -0.2) is 31.4 Å². The zero-order valence-corrected chi connectivity index (χ0v) is 8.97. The molecular weight excluding hydrogens is 182 g/mol.